The lowest BCUT2D eigenvalue weighted by atomic mass is 10.1. The molecule has 0 aliphatic carbocycles. The standard InChI is InChI=1S/C20H25N3O2S/c1-13(2)18-21-15(4)17(26-18)20(25)23-11-9-22(10-12-23)19(24)16-7-5-14(3)6-8-16/h5-8,13H,9-12H2,1-4H3. The number of benzene rings is 1. The van der Waals surface area contributed by atoms with E-state index in [0.29, 0.717) is 37.7 Å². The minimum absolute atomic E-state index is 0.0353. The van der Waals surface area contributed by atoms with Crippen molar-refractivity contribution in [3.8, 4) is 0 Å². The van der Waals surface area contributed by atoms with E-state index in [9.17, 15) is 9.59 Å². The van der Waals surface area contributed by atoms with Crippen molar-refractivity contribution in [1.29, 1.82) is 0 Å². The van der Waals surface area contributed by atoms with E-state index in [2.05, 4.69) is 18.8 Å². The van der Waals surface area contributed by atoms with Crippen LogP contribution >= 0.6 is 11.3 Å². The molecule has 1 aromatic carbocycles. The zero-order valence-corrected chi connectivity index (χ0v) is 16.6. The quantitative estimate of drug-likeness (QED) is 0.830. The van der Waals surface area contributed by atoms with Crippen LogP contribution in [0.4, 0.5) is 0 Å². The van der Waals surface area contributed by atoms with Gasteiger partial charge in [-0.15, -0.1) is 11.3 Å². The van der Waals surface area contributed by atoms with Crippen LogP contribution in [0, 0.1) is 13.8 Å². The van der Waals surface area contributed by atoms with Crippen molar-refractivity contribution >= 4 is 23.2 Å². The van der Waals surface area contributed by atoms with Crippen molar-refractivity contribution in [1.82, 2.24) is 14.8 Å². The second kappa shape index (κ2) is 7.58. The van der Waals surface area contributed by atoms with Crippen molar-refractivity contribution < 1.29 is 9.59 Å². The van der Waals surface area contributed by atoms with Crippen LogP contribution in [0.3, 0.4) is 0 Å². The van der Waals surface area contributed by atoms with E-state index in [1.54, 1.807) is 0 Å². The predicted molar refractivity (Wildman–Crippen MR) is 104 cm³/mol. The van der Waals surface area contributed by atoms with Crippen LogP contribution < -0.4 is 0 Å². The smallest absolute Gasteiger partial charge is 0.265 e. The van der Waals surface area contributed by atoms with Crippen molar-refractivity contribution in [2.45, 2.75) is 33.6 Å². The Morgan fingerprint density at radius 3 is 2.00 bits per heavy atom. The van der Waals surface area contributed by atoms with E-state index in [-0.39, 0.29) is 11.8 Å². The van der Waals surface area contributed by atoms with Gasteiger partial charge in [0.1, 0.15) is 4.88 Å². The van der Waals surface area contributed by atoms with E-state index in [1.165, 1.54) is 11.3 Å². The Bertz CT molecular complexity index is 803. The van der Waals surface area contributed by atoms with E-state index in [4.69, 9.17) is 0 Å². The number of hydrogen-bond donors (Lipinski definition) is 0. The molecule has 138 valence electrons. The van der Waals surface area contributed by atoms with Crippen LogP contribution in [0.1, 0.15) is 56.1 Å². The number of thiazole rings is 1. The van der Waals surface area contributed by atoms with Crippen LogP contribution in [-0.2, 0) is 0 Å². The van der Waals surface area contributed by atoms with Gasteiger partial charge >= 0.3 is 0 Å². The summed E-state index contributed by atoms with van der Waals surface area (Å²) in [5.41, 5.74) is 2.65. The van der Waals surface area contributed by atoms with E-state index in [1.807, 2.05) is 47.9 Å². The number of aryl methyl sites for hydroxylation is 2. The monoisotopic (exact) mass is 371 g/mol. The third-order valence-electron chi connectivity index (χ3n) is 4.65. The van der Waals surface area contributed by atoms with Crippen LogP contribution in [0.25, 0.3) is 0 Å². The fourth-order valence-electron chi connectivity index (χ4n) is 3.00. The normalized spacial score (nSPS) is 14.8. The molecule has 2 amide bonds. The lowest BCUT2D eigenvalue weighted by Gasteiger charge is -2.34. The van der Waals surface area contributed by atoms with Gasteiger partial charge in [-0.3, -0.25) is 9.59 Å². The molecule has 2 heterocycles. The molecule has 0 saturated carbocycles. The predicted octanol–water partition coefficient (Wildman–Crippen LogP) is 3.48. The first-order valence-electron chi connectivity index (χ1n) is 8.99. The number of amides is 2. The highest BCUT2D eigenvalue weighted by Crippen LogP contribution is 2.26. The molecular weight excluding hydrogens is 346 g/mol. The SMILES string of the molecule is Cc1ccc(C(=O)N2CCN(C(=O)c3sc(C(C)C)nc3C)CC2)cc1. The number of aromatic nitrogens is 1. The lowest BCUT2D eigenvalue weighted by molar-refractivity contribution is 0.0537. The first-order chi connectivity index (χ1) is 12.4. The van der Waals surface area contributed by atoms with Gasteiger partial charge in [-0.25, -0.2) is 4.98 Å². The summed E-state index contributed by atoms with van der Waals surface area (Å²) in [6.07, 6.45) is 0. The Kier molecular flexibility index (Phi) is 5.41. The third kappa shape index (κ3) is 3.80. The molecule has 26 heavy (non-hydrogen) atoms. The van der Waals surface area contributed by atoms with Gasteiger partial charge in [-0.1, -0.05) is 31.5 Å². The van der Waals surface area contributed by atoms with Gasteiger partial charge < -0.3 is 9.80 Å². The van der Waals surface area contributed by atoms with Gasteiger partial charge in [-0.05, 0) is 26.0 Å². The number of carbonyl (C=O) groups excluding carboxylic acids is 2. The molecule has 0 unspecified atom stereocenters. The van der Waals surface area contributed by atoms with Gasteiger partial charge in [0, 0.05) is 37.7 Å². The van der Waals surface area contributed by atoms with Crippen molar-refractivity contribution in [2.75, 3.05) is 26.2 Å². The summed E-state index contributed by atoms with van der Waals surface area (Å²) in [7, 11) is 0. The van der Waals surface area contributed by atoms with Crippen molar-refractivity contribution in [3.63, 3.8) is 0 Å². The maximum absolute atomic E-state index is 12.8. The fraction of sp³-hybridized carbons (Fsp3) is 0.450. The molecular formula is C20H25N3O2S. The average Bonchev–Trinajstić information content (AvgIpc) is 3.03. The molecule has 6 heteroatoms. The maximum atomic E-state index is 12.8. The Morgan fingerprint density at radius 2 is 1.50 bits per heavy atom. The molecule has 0 radical (unpaired) electrons. The zero-order valence-electron chi connectivity index (χ0n) is 15.8. The Labute approximate surface area is 158 Å². The summed E-state index contributed by atoms with van der Waals surface area (Å²) in [6, 6.07) is 7.63. The van der Waals surface area contributed by atoms with Crippen molar-refractivity contribution in [3.05, 3.63) is 51.0 Å². The van der Waals surface area contributed by atoms with E-state index in [0.717, 1.165) is 21.1 Å². The highest BCUT2D eigenvalue weighted by molar-refractivity contribution is 7.13. The molecule has 1 aliphatic rings. The molecule has 0 N–H and O–H groups in total. The minimum Gasteiger partial charge on any atom is -0.335 e. The Hall–Kier alpha value is -2.21. The van der Waals surface area contributed by atoms with Gasteiger partial charge in [0.15, 0.2) is 0 Å². The Morgan fingerprint density at radius 1 is 0.962 bits per heavy atom. The summed E-state index contributed by atoms with van der Waals surface area (Å²) >= 11 is 1.49. The summed E-state index contributed by atoms with van der Waals surface area (Å²) in [4.78, 5) is 34.4. The van der Waals surface area contributed by atoms with E-state index < -0.39 is 0 Å². The van der Waals surface area contributed by atoms with Crippen LogP contribution in [0.5, 0.6) is 0 Å². The molecule has 0 bridgehead atoms. The number of rotatable bonds is 3. The fourth-order valence-corrected chi connectivity index (χ4v) is 4.03. The summed E-state index contributed by atoms with van der Waals surface area (Å²) in [6.45, 7) is 10.3. The number of piperazine rings is 1. The molecule has 5 nitrogen and oxygen atoms in total. The summed E-state index contributed by atoms with van der Waals surface area (Å²) in [5.74, 6) is 0.395. The number of carbonyl (C=O) groups is 2. The topological polar surface area (TPSA) is 53.5 Å². The maximum Gasteiger partial charge on any atom is 0.265 e. The van der Waals surface area contributed by atoms with Gasteiger partial charge in [0.2, 0.25) is 0 Å². The van der Waals surface area contributed by atoms with Crippen LogP contribution in [-0.4, -0.2) is 52.8 Å². The third-order valence-corrected chi connectivity index (χ3v) is 6.10. The van der Waals surface area contributed by atoms with E-state index >= 15 is 0 Å². The number of nitrogens with zero attached hydrogens (tertiary/aromatic N) is 3. The largest absolute Gasteiger partial charge is 0.335 e. The van der Waals surface area contributed by atoms with Crippen LogP contribution in [0.15, 0.2) is 24.3 Å². The second-order valence-electron chi connectivity index (χ2n) is 7.07. The second-order valence-corrected chi connectivity index (χ2v) is 8.10. The first kappa shape index (κ1) is 18.6. The zero-order chi connectivity index (χ0) is 18.8. The molecule has 1 fully saturated rings. The van der Waals surface area contributed by atoms with Gasteiger partial charge in [0.25, 0.3) is 11.8 Å². The molecule has 0 atom stereocenters. The summed E-state index contributed by atoms with van der Waals surface area (Å²) < 4.78 is 0. The van der Waals surface area contributed by atoms with Crippen LogP contribution in [0.2, 0.25) is 0 Å². The molecule has 1 saturated heterocycles. The number of hydrogen-bond acceptors (Lipinski definition) is 4. The summed E-state index contributed by atoms with van der Waals surface area (Å²) in [5, 5.41) is 0.999. The highest BCUT2D eigenvalue weighted by atomic mass is 32.1. The molecule has 1 aromatic heterocycles. The first-order valence-corrected chi connectivity index (χ1v) is 9.81. The molecule has 0 spiro atoms. The lowest BCUT2D eigenvalue weighted by Crippen LogP contribution is -2.50. The molecule has 3 rings (SSSR count). The molecule has 1 aliphatic heterocycles. The molecule has 2 aromatic rings. The van der Waals surface area contributed by atoms with Gasteiger partial charge in [0.05, 0.1) is 10.7 Å². The highest BCUT2D eigenvalue weighted by Gasteiger charge is 2.28. The Balaban J connectivity index is 1.64. The minimum atomic E-state index is 0.0353. The average molecular weight is 372 g/mol. The van der Waals surface area contributed by atoms with Gasteiger partial charge in [-0.2, -0.15) is 0 Å². The van der Waals surface area contributed by atoms with Crippen molar-refractivity contribution in [2.24, 2.45) is 0 Å².